The maximum absolute atomic E-state index is 5.60. The Bertz CT molecular complexity index is 420. The first-order chi connectivity index (χ1) is 12.8. The van der Waals surface area contributed by atoms with Crippen LogP contribution in [0, 0.1) is 0 Å². The van der Waals surface area contributed by atoms with Gasteiger partial charge in [-0.1, -0.05) is 110 Å². The molecule has 0 aliphatic carbocycles. The SMILES string of the molecule is CCCCCCCCCCCCCCCCCCCc1ccnc(N)n1. The lowest BCUT2D eigenvalue weighted by atomic mass is 10.0. The molecule has 26 heavy (non-hydrogen) atoms. The summed E-state index contributed by atoms with van der Waals surface area (Å²) in [6.07, 6.45) is 26.8. The van der Waals surface area contributed by atoms with Crippen LogP contribution in [-0.2, 0) is 6.42 Å². The normalized spacial score (nSPS) is 11.1. The molecule has 3 nitrogen and oxygen atoms in total. The lowest BCUT2D eigenvalue weighted by Crippen LogP contribution is -1.98. The number of nitrogens with zero attached hydrogens (tertiary/aromatic N) is 2. The molecular formula is C23H43N3. The highest BCUT2D eigenvalue weighted by Crippen LogP contribution is 2.14. The molecule has 0 aromatic carbocycles. The Kier molecular flexibility index (Phi) is 15.3. The molecule has 3 heteroatoms. The second kappa shape index (κ2) is 17.3. The topological polar surface area (TPSA) is 51.8 Å². The van der Waals surface area contributed by atoms with E-state index in [0.717, 1.165) is 12.1 Å². The molecule has 2 N–H and O–H groups in total. The summed E-state index contributed by atoms with van der Waals surface area (Å²) in [5.41, 5.74) is 6.68. The van der Waals surface area contributed by atoms with Gasteiger partial charge < -0.3 is 5.73 Å². The molecule has 1 aromatic heterocycles. The van der Waals surface area contributed by atoms with Gasteiger partial charge in [-0.05, 0) is 18.9 Å². The summed E-state index contributed by atoms with van der Waals surface area (Å²) >= 11 is 0. The minimum atomic E-state index is 0.398. The Balaban J connectivity index is 1.73. The number of nitrogens with two attached hydrogens (primary N) is 1. The molecule has 1 rings (SSSR count). The van der Waals surface area contributed by atoms with Crippen LogP contribution in [0.3, 0.4) is 0 Å². The van der Waals surface area contributed by atoms with Crippen LogP contribution in [0.5, 0.6) is 0 Å². The minimum absolute atomic E-state index is 0.398. The van der Waals surface area contributed by atoms with E-state index in [1.165, 1.54) is 109 Å². The highest BCUT2D eigenvalue weighted by molar-refractivity contribution is 5.17. The fourth-order valence-corrected chi connectivity index (χ4v) is 3.58. The van der Waals surface area contributed by atoms with Gasteiger partial charge in [0.05, 0.1) is 0 Å². The Morgan fingerprint density at radius 3 is 1.50 bits per heavy atom. The quantitative estimate of drug-likeness (QED) is 0.280. The van der Waals surface area contributed by atoms with Crippen LogP contribution in [-0.4, -0.2) is 9.97 Å². The van der Waals surface area contributed by atoms with Gasteiger partial charge in [-0.25, -0.2) is 9.97 Å². The van der Waals surface area contributed by atoms with Crippen molar-refractivity contribution in [1.29, 1.82) is 0 Å². The van der Waals surface area contributed by atoms with Crippen molar-refractivity contribution in [2.24, 2.45) is 0 Å². The first-order valence-corrected chi connectivity index (χ1v) is 11.4. The predicted molar refractivity (Wildman–Crippen MR) is 114 cm³/mol. The third-order valence-electron chi connectivity index (χ3n) is 5.27. The molecule has 0 fully saturated rings. The average Bonchev–Trinajstić information content (AvgIpc) is 2.64. The molecule has 1 aromatic rings. The average molecular weight is 362 g/mol. The van der Waals surface area contributed by atoms with Gasteiger partial charge in [0.15, 0.2) is 0 Å². The maximum Gasteiger partial charge on any atom is 0.220 e. The molecule has 0 aliphatic rings. The monoisotopic (exact) mass is 361 g/mol. The summed E-state index contributed by atoms with van der Waals surface area (Å²) in [5.74, 6) is 0.398. The van der Waals surface area contributed by atoms with Gasteiger partial charge >= 0.3 is 0 Å². The van der Waals surface area contributed by atoms with Crippen molar-refractivity contribution >= 4 is 5.95 Å². The van der Waals surface area contributed by atoms with E-state index >= 15 is 0 Å². The minimum Gasteiger partial charge on any atom is -0.368 e. The smallest absolute Gasteiger partial charge is 0.220 e. The highest BCUT2D eigenvalue weighted by Gasteiger charge is 1.97. The molecular weight excluding hydrogens is 318 g/mol. The zero-order valence-electron chi connectivity index (χ0n) is 17.4. The zero-order chi connectivity index (χ0) is 18.7. The van der Waals surface area contributed by atoms with E-state index in [0.29, 0.717) is 5.95 Å². The molecule has 0 aliphatic heterocycles. The van der Waals surface area contributed by atoms with E-state index in [2.05, 4.69) is 16.9 Å². The van der Waals surface area contributed by atoms with Crippen LogP contribution in [0.25, 0.3) is 0 Å². The molecule has 0 amide bonds. The molecule has 0 saturated carbocycles. The second-order valence-electron chi connectivity index (χ2n) is 7.81. The van der Waals surface area contributed by atoms with Crippen LogP contribution in [0.2, 0.25) is 0 Å². The van der Waals surface area contributed by atoms with Crippen LogP contribution < -0.4 is 5.73 Å². The largest absolute Gasteiger partial charge is 0.368 e. The van der Waals surface area contributed by atoms with E-state index in [4.69, 9.17) is 5.73 Å². The highest BCUT2D eigenvalue weighted by atomic mass is 15.0. The Morgan fingerprint density at radius 2 is 1.08 bits per heavy atom. The lowest BCUT2D eigenvalue weighted by molar-refractivity contribution is 0.527. The van der Waals surface area contributed by atoms with Crippen molar-refractivity contribution in [3.05, 3.63) is 18.0 Å². The van der Waals surface area contributed by atoms with Gasteiger partial charge in [0.1, 0.15) is 0 Å². The number of hydrogen-bond donors (Lipinski definition) is 1. The van der Waals surface area contributed by atoms with Crippen molar-refractivity contribution in [2.45, 2.75) is 122 Å². The molecule has 0 unspecified atom stereocenters. The predicted octanol–water partition coefficient (Wildman–Crippen LogP) is 7.25. The summed E-state index contributed by atoms with van der Waals surface area (Å²) < 4.78 is 0. The molecule has 1 heterocycles. The molecule has 0 bridgehead atoms. The number of aryl methyl sites for hydroxylation is 1. The van der Waals surface area contributed by atoms with Gasteiger partial charge in [0.2, 0.25) is 5.95 Å². The molecule has 0 atom stereocenters. The third-order valence-corrected chi connectivity index (χ3v) is 5.27. The maximum atomic E-state index is 5.60. The first kappa shape index (κ1) is 22.9. The van der Waals surface area contributed by atoms with E-state index in [9.17, 15) is 0 Å². The molecule has 0 saturated heterocycles. The molecule has 150 valence electrons. The molecule has 0 radical (unpaired) electrons. The first-order valence-electron chi connectivity index (χ1n) is 11.4. The van der Waals surface area contributed by atoms with Crippen molar-refractivity contribution in [1.82, 2.24) is 9.97 Å². The number of rotatable bonds is 18. The van der Waals surface area contributed by atoms with Crippen molar-refractivity contribution in [3.8, 4) is 0 Å². The number of hydrogen-bond acceptors (Lipinski definition) is 3. The Hall–Kier alpha value is -1.12. The summed E-state index contributed by atoms with van der Waals surface area (Å²) in [6, 6.07) is 1.98. The van der Waals surface area contributed by atoms with Gasteiger partial charge in [0.25, 0.3) is 0 Å². The standard InChI is InChI=1S/C23H43N3/c1-2-3-4-5-6-7-8-9-10-11-12-13-14-15-16-17-18-19-22-20-21-25-23(24)26-22/h20-21H,2-19H2,1H3,(H2,24,25,26). The zero-order valence-corrected chi connectivity index (χ0v) is 17.4. The van der Waals surface area contributed by atoms with Gasteiger partial charge in [0, 0.05) is 11.9 Å². The van der Waals surface area contributed by atoms with Gasteiger partial charge in [-0.3, -0.25) is 0 Å². The summed E-state index contributed by atoms with van der Waals surface area (Å²) in [4.78, 5) is 8.18. The van der Waals surface area contributed by atoms with E-state index in [-0.39, 0.29) is 0 Å². The van der Waals surface area contributed by atoms with E-state index in [1.54, 1.807) is 6.20 Å². The Morgan fingerprint density at radius 1 is 0.654 bits per heavy atom. The van der Waals surface area contributed by atoms with Crippen LogP contribution in [0.1, 0.15) is 122 Å². The van der Waals surface area contributed by atoms with Crippen molar-refractivity contribution in [3.63, 3.8) is 0 Å². The van der Waals surface area contributed by atoms with Crippen LogP contribution in [0.15, 0.2) is 12.3 Å². The fourth-order valence-electron chi connectivity index (χ4n) is 3.58. The fraction of sp³-hybridized carbons (Fsp3) is 0.826. The summed E-state index contributed by atoms with van der Waals surface area (Å²) in [6.45, 7) is 2.29. The summed E-state index contributed by atoms with van der Waals surface area (Å²) in [5, 5.41) is 0. The third kappa shape index (κ3) is 14.1. The molecule has 0 spiro atoms. The number of aromatic nitrogens is 2. The number of nitrogen functional groups attached to an aromatic ring is 1. The van der Waals surface area contributed by atoms with Crippen molar-refractivity contribution < 1.29 is 0 Å². The van der Waals surface area contributed by atoms with E-state index in [1.807, 2.05) is 6.07 Å². The van der Waals surface area contributed by atoms with Gasteiger partial charge in [-0.2, -0.15) is 0 Å². The van der Waals surface area contributed by atoms with Crippen LogP contribution >= 0.6 is 0 Å². The lowest BCUT2D eigenvalue weighted by Gasteiger charge is -2.04. The van der Waals surface area contributed by atoms with Crippen molar-refractivity contribution in [2.75, 3.05) is 5.73 Å². The number of anilines is 1. The second-order valence-corrected chi connectivity index (χ2v) is 7.81. The van der Waals surface area contributed by atoms with Gasteiger partial charge in [-0.15, -0.1) is 0 Å². The Labute approximate surface area is 162 Å². The van der Waals surface area contributed by atoms with E-state index < -0.39 is 0 Å². The summed E-state index contributed by atoms with van der Waals surface area (Å²) in [7, 11) is 0. The van der Waals surface area contributed by atoms with Crippen LogP contribution in [0.4, 0.5) is 5.95 Å². The number of unbranched alkanes of at least 4 members (excludes halogenated alkanes) is 16.